The molecule has 0 fully saturated rings. The van der Waals surface area contributed by atoms with Gasteiger partial charge in [-0.2, -0.15) is 0 Å². The standard InChI is InChI=1S/C14H19N3O3/c1-11-3-5-12(6-4-11)9-16-13(19)14(20)17(10-18)8-2-7-15/h3-6,10H,2,7-9,15H2,1H3,(H,16,19). The van der Waals surface area contributed by atoms with Gasteiger partial charge in [-0.05, 0) is 25.5 Å². The van der Waals surface area contributed by atoms with Crippen molar-refractivity contribution in [2.45, 2.75) is 19.9 Å². The molecule has 3 N–H and O–H groups in total. The lowest BCUT2D eigenvalue weighted by molar-refractivity contribution is -0.148. The third-order valence-corrected chi connectivity index (χ3v) is 2.76. The molecule has 0 aliphatic carbocycles. The minimum absolute atomic E-state index is 0.150. The first-order valence-corrected chi connectivity index (χ1v) is 6.38. The number of amides is 3. The molecule has 1 aromatic carbocycles. The summed E-state index contributed by atoms with van der Waals surface area (Å²) in [6.45, 7) is 2.71. The Balaban J connectivity index is 2.50. The number of nitrogens with two attached hydrogens (primary N) is 1. The van der Waals surface area contributed by atoms with Crippen LogP contribution in [-0.2, 0) is 20.9 Å². The van der Waals surface area contributed by atoms with Crippen LogP contribution in [0.4, 0.5) is 0 Å². The third-order valence-electron chi connectivity index (χ3n) is 2.76. The zero-order chi connectivity index (χ0) is 15.0. The van der Waals surface area contributed by atoms with Gasteiger partial charge < -0.3 is 11.1 Å². The van der Waals surface area contributed by atoms with E-state index in [1.54, 1.807) is 0 Å². The predicted molar refractivity (Wildman–Crippen MR) is 74.5 cm³/mol. The van der Waals surface area contributed by atoms with Crippen LogP contribution in [-0.4, -0.2) is 36.2 Å². The molecule has 0 aromatic heterocycles. The van der Waals surface area contributed by atoms with Gasteiger partial charge in [0, 0.05) is 13.1 Å². The average Bonchev–Trinajstić information content (AvgIpc) is 2.46. The number of rotatable bonds is 6. The second-order valence-corrected chi connectivity index (χ2v) is 4.41. The number of nitrogens with zero attached hydrogens (tertiary/aromatic N) is 1. The molecular weight excluding hydrogens is 258 g/mol. The number of benzene rings is 1. The number of nitrogens with one attached hydrogen (secondary N) is 1. The van der Waals surface area contributed by atoms with Crippen LogP contribution in [0.25, 0.3) is 0 Å². The second kappa shape index (κ2) is 8.06. The number of aryl methyl sites for hydroxylation is 1. The first kappa shape index (κ1) is 15.8. The molecule has 0 saturated heterocycles. The van der Waals surface area contributed by atoms with Gasteiger partial charge in [-0.15, -0.1) is 0 Å². The van der Waals surface area contributed by atoms with Crippen LogP contribution < -0.4 is 11.1 Å². The van der Waals surface area contributed by atoms with Crippen LogP contribution >= 0.6 is 0 Å². The summed E-state index contributed by atoms with van der Waals surface area (Å²) < 4.78 is 0. The largest absolute Gasteiger partial charge is 0.344 e. The van der Waals surface area contributed by atoms with E-state index in [9.17, 15) is 14.4 Å². The van der Waals surface area contributed by atoms with Crippen molar-refractivity contribution in [3.8, 4) is 0 Å². The number of carbonyl (C=O) groups is 3. The molecule has 0 saturated carbocycles. The zero-order valence-corrected chi connectivity index (χ0v) is 11.5. The van der Waals surface area contributed by atoms with E-state index in [0.29, 0.717) is 19.4 Å². The number of hydrogen-bond donors (Lipinski definition) is 2. The van der Waals surface area contributed by atoms with Crippen molar-refractivity contribution in [1.82, 2.24) is 10.2 Å². The molecule has 0 radical (unpaired) electrons. The van der Waals surface area contributed by atoms with Gasteiger partial charge in [-0.1, -0.05) is 29.8 Å². The van der Waals surface area contributed by atoms with Crippen LogP contribution in [0.5, 0.6) is 0 Å². The SMILES string of the molecule is Cc1ccc(CNC(=O)C(=O)N(C=O)CCCN)cc1. The van der Waals surface area contributed by atoms with Crippen molar-refractivity contribution in [1.29, 1.82) is 0 Å². The highest BCUT2D eigenvalue weighted by Crippen LogP contribution is 2.02. The van der Waals surface area contributed by atoms with Gasteiger partial charge >= 0.3 is 11.8 Å². The van der Waals surface area contributed by atoms with Crippen molar-refractivity contribution in [3.63, 3.8) is 0 Å². The fourth-order valence-corrected chi connectivity index (χ4v) is 1.56. The summed E-state index contributed by atoms with van der Waals surface area (Å²) in [5, 5.41) is 2.49. The summed E-state index contributed by atoms with van der Waals surface area (Å²) in [7, 11) is 0. The number of hydrogen-bond acceptors (Lipinski definition) is 4. The van der Waals surface area contributed by atoms with Crippen molar-refractivity contribution >= 4 is 18.2 Å². The molecule has 0 aliphatic rings. The Morgan fingerprint density at radius 1 is 1.30 bits per heavy atom. The number of imide groups is 1. The molecule has 1 aromatic rings. The Labute approximate surface area is 117 Å². The van der Waals surface area contributed by atoms with E-state index in [0.717, 1.165) is 16.0 Å². The summed E-state index contributed by atoms with van der Waals surface area (Å²) in [6.07, 6.45) is 0.819. The quantitative estimate of drug-likeness (QED) is 0.563. The first-order valence-electron chi connectivity index (χ1n) is 6.38. The van der Waals surface area contributed by atoms with Crippen molar-refractivity contribution < 1.29 is 14.4 Å². The molecule has 0 aliphatic heterocycles. The maximum Gasteiger partial charge on any atom is 0.318 e. The van der Waals surface area contributed by atoms with Gasteiger partial charge in [0.2, 0.25) is 6.41 Å². The summed E-state index contributed by atoms with van der Waals surface area (Å²) in [6, 6.07) is 7.57. The molecule has 6 heteroatoms. The van der Waals surface area contributed by atoms with Crippen LogP contribution in [0.15, 0.2) is 24.3 Å². The van der Waals surface area contributed by atoms with E-state index >= 15 is 0 Å². The monoisotopic (exact) mass is 277 g/mol. The van der Waals surface area contributed by atoms with E-state index in [1.807, 2.05) is 31.2 Å². The fourth-order valence-electron chi connectivity index (χ4n) is 1.56. The van der Waals surface area contributed by atoms with Crippen molar-refractivity contribution in [2.24, 2.45) is 5.73 Å². The topological polar surface area (TPSA) is 92.5 Å². The van der Waals surface area contributed by atoms with Crippen molar-refractivity contribution in [3.05, 3.63) is 35.4 Å². The van der Waals surface area contributed by atoms with Gasteiger partial charge in [0.15, 0.2) is 0 Å². The highest BCUT2D eigenvalue weighted by molar-refractivity contribution is 6.36. The van der Waals surface area contributed by atoms with E-state index in [1.165, 1.54) is 0 Å². The summed E-state index contributed by atoms with van der Waals surface area (Å²) in [5.74, 6) is -1.66. The highest BCUT2D eigenvalue weighted by atomic mass is 16.2. The highest BCUT2D eigenvalue weighted by Gasteiger charge is 2.20. The number of carbonyl (C=O) groups excluding carboxylic acids is 3. The fraction of sp³-hybridized carbons (Fsp3) is 0.357. The van der Waals surface area contributed by atoms with Gasteiger partial charge in [0.1, 0.15) is 0 Å². The molecule has 1 rings (SSSR count). The molecule has 0 unspecified atom stereocenters. The normalized spacial score (nSPS) is 9.90. The smallest absolute Gasteiger partial charge is 0.318 e. The van der Waals surface area contributed by atoms with E-state index in [2.05, 4.69) is 5.32 Å². The van der Waals surface area contributed by atoms with Crippen LogP contribution in [0.2, 0.25) is 0 Å². The molecule has 108 valence electrons. The second-order valence-electron chi connectivity index (χ2n) is 4.41. The lowest BCUT2D eigenvalue weighted by Gasteiger charge is -2.14. The Hall–Kier alpha value is -2.21. The third kappa shape index (κ3) is 4.81. The van der Waals surface area contributed by atoms with Crippen LogP contribution in [0.3, 0.4) is 0 Å². The van der Waals surface area contributed by atoms with Gasteiger partial charge in [-0.3, -0.25) is 19.3 Å². The molecule has 0 heterocycles. The molecule has 6 nitrogen and oxygen atoms in total. The van der Waals surface area contributed by atoms with E-state index < -0.39 is 11.8 Å². The maximum absolute atomic E-state index is 11.7. The Morgan fingerprint density at radius 3 is 2.50 bits per heavy atom. The van der Waals surface area contributed by atoms with E-state index in [4.69, 9.17) is 5.73 Å². The van der Waals surface area contributed by atoms with Gasteiger partial charge in [0.25, 0.3) is 0 Å². The van der Waals surface area contributed by atoms with Crippen LogP contribution in [0.1, 0.15) is 17.5 Å². The Kier molecular flexibility index (Phi) is 6.39. The first-order chi connectivity index (χ1) is 9.58. The molecule has 0 spiro atoms. The molecule has 20 heavy (non-hydrogen) atoms. The molecule has 3 amide bonds. The summed E-state index contributed by atoms with van der Waals surface area (Å²) in [5.41, 5.74) is 7.30. The zero-order valence-electron chi connectivity index (χ0n) is 11.5. The minimum Gasteiger partial charge on any atom is -0.344 e. The predicted octanol–water partition coefficient (Wildman–Crippen LogP) is -0.0550. The minimum atomic E-state index is -0.861. The Bertz CT molecular complexity index is 471. The molecule has 0 atom stereocenters. The Morgan fingerprint density at radius 2 is 1.95 bits per heavy atom. The maximum atomic E-state index is 11.7. The lowest BCUT2D eigenvalue weighted by atomic mass is 10.1. The summed E-state index contributed by atoms with van der Waals surface area (Å²) >= 11 is 0. The van der Waals surface area contributed by atoms with Gasteiger partial charge in [-0.25, -0.2) is 0 Å². The molecule has 0 bridgehead atoms. The van der Waals surface area contributed by atoms with E-state index in [-0.39, 0.29) is 13.1 Å². The average molecular weight is 277 g/mol. The van der Waals surface area contributed by atoms with Crippen molar-refractivity contribution in [2.75, 3.05) is 13.1 Å². The lowest BCUT2D eigenvalue weighted by Crippen LogP contribution is -2.42. The summed E-state index contributed by atoms with van der Waals surface area (Å²) in [4.78, 5) is 34.9. The van der Waals surface area contributed by atoms with Gasteiger partial charge in [0.05, 0.1) is 0 Å². The van der Waals surface area contributed by atoms with Crippen LogP contribution in [0, 0.1) is 6.92 Å². The molecular formula is C14H19N3O3.